The molecule has 0 radical (unpaired) electrons. The summed E-state index contributed by atoms with van der Waals surface area (Å²) in [5.41, 5.74) is 8.26. The Hall–Kier alpha value is -0.100. The number of rotatable bonds is 2. The Bertz CT molecular complexity index is 545. The highest BCUT2D eigenvalue weighted by Crippen LogP contribution is 2.31. The molecular formula is C13H10BrClIN. The van der Waals surface area contributed by atoms with Gasteiger partial charge in [0.25, 0.3) is 0 Å². The van der Waals surface area contributed by atoms with Gasteiger partial charge in [0, 0.05) is 13.1 Å². The van der Waals surface area contributed by atoms with Gasteiger partial charge >= 0.3 is 0 Å². The second-order valence-corrected chi connectivity index (χ2v) is 6.17. The predicted molar refractivity (Wildman–Crippen MR) is 84.3 cm³/mol. The topological polar surface area (TPSA) is 26.0 Å². The van der Waals surface area contributed by atoms with E-state index >= 15 is 0 Å². The molecule has 0 bridgehead atoms. The van der Waals surface area contributed by atoms with Gasteiger partial charge in [-0.2, -0.15) is 0 Å². The van der Waals surface area contributed by atoms with Crippen molar-refractivity contribution in [3.05, 3.63) is 66.7 Å². The molecule has 1 nitrogen and oxygen atoms in total. The molecule has 17 heavy (non-hydrogen) atoms. The van der Waals surface area contributed by atoms with Crippen molar-refractivity contribution in [2.45, 2.75) is 6.04 Å². The minimum absolute atomic E-state index is 0.215. The van der Waals surface area contributed by atoms with Crippen LogP contribution in [0.3, 0.4) is 0 Å². The van der Waals surface area contributed by atoms with E-state index in [2.05, 4.69) is 44.6 Å². The third-order valence-electron chi connectivity index (χ3n) is 2.53. The normalized spacial score (nSPS) is 12.5. The van der Waals surface area contributed by atoms with Crippen molar-refractivity contribution in [3.63, 3.8) is 0 Å². The fraction of sp³-hybridized carbons (Fsp3) is 0.0769. The molecule has 0 heterocycles. The summed E-state index contributed by atoms with van der Waals surface area (Å²) in [5.74, 6) is 0. The van der Waals surface area contributed by atoms with Gasteiger partial charge in [0.05, 0.1) is 6.04 Å². The van der Waals surface area contributed by atoms with Gasteiger partial charge in [0.15, 0.2) is 0 Å². The average Bonchev–Trinajstić information content (AvgIpc) is 2.32. The van der Waals surface area contributed by atoms with Crippen LogP contribution in [0, 0.1) is 3.57 Å². The third kappa shape index (κ3) is 3.02. The lowest BCUT2D eigenvalue weighted by molar-refractivity contribution is 0.865. The van der Waals surface area contributed by atoms with Crippen LogP contribution in [0.25, 0.3) is 0 Å². The van der Waals surface area contributed by atoms with Crippen molar-refractivity contribution in [1.82, 2.24) is 0 Å². The molecule has 2 aromatic rings. The monoisotopic (exact) mass is 421 g/mol. The molecule has 1 unspecified atom stereocenters. The standard InChI is InChI=1S/C13H10BrClIN/c14-11-6-5-8(16)7-10(11)13(17)9-3-1-2-4-12(9)15/h1-7,13H,17H2. The van der Waals surface area contributed by atoms with Crippen molar-refractivity contribution in [1.29, 1.82) is 0 Å². The molecule has 0 fully saturated rings. The predicted octanol–water partition coefficient (Wildman–Crippen LogP) is 4.76. The lowest BCUT2D eigenvalue weighted by atomic mass is 10.00. The minimum atomic E-state index is -0.215. The van der Waals surface area contributed by atoms with Crippen LogP contribution in [0.15, 0.2) is 46.9 Å². The highest BCUT2D eigenvalue weighted by Gasteiger charge is 2.14. The van der Waals surface area contributed by atoms with Gasteiger partial charge < -0.3 is 5.73 Å². The third-order valence-corrected chi connectivity index (χ3v) is 4.27. The molecule has 0 aliphatic rings. The maximum atomic E-state index is 6.27. The van der Waals surface area contributed by atoms with E-state index in [4.69, 9.17) is 17.3 Å². The molecule has 88 valence electrons. The Kier molecular flexibility index (Phi) is 4.47. The van der Waals surface area contributed by atoms with E-state index in [1.165, 1.54) is 0 Å². The highest BCUT2D eigenvalue weighted by molar-refractivity contribution is 14.1. The average molecular weight is 422 g/mol. The maximum absolute atomic E-state index is 6.27. The van der Waals surface area contributed by atoms with Gasteiger partial charge in [0.2, 0.25) is 0 Å². The van der Waals surface area contributed by atoms with Crippen molar-refractivity contribution >= 4 is 50.1 Å². The fourth-order valence-electron chi connectivity index (χ4n) is 1.65. The first-order chi connectivity index (χ1) is 8.09. The first-order valence-electron chi connectivity index (χ1n) is 5.04. The minimum Gasteiger partial charge on any atom is -0.320 e. The highest BCUT2D eigenvalue weighted by atomic mass is 127. The Balaban J connectivity index is 2.47. The first kappa shape index (κ1) is 13.3. The Morgan fingerprint density at radius 2 is 1.82 bits per heavy atom. The van der Waals surface area contributed by atoms with E-state index in [0.717, 1.165) is 19.2 Å². The van der Waals surface area contributed by atoms with E-state index < -0.39 is 0 Å². The van der Waals surface area contributed by atoms with Crippen LogP contribution in [0.1, 0.15) is 17.2 Å². The molecule has 0 aliphatic heterocycles. The summed E-state index contributed by atoms with van der Waals surface area (Å²) in [6.45, 7) is 0. The number of hydrogen-bond acceptors (Lipinski definition) is 1. The first-order valence-corrected chi connectivity index (χ1v) is 7.29. The van der Waals surface area contributed by atoms with E-state index in [-0.39, 0.29) is 6.04 Å². The summed E-state index contributed by atoms with van der Waals surface area (Å²) >= 11 is 12.0. The van der Waals surface area contributed by atoms with Crippen LogP contribution >= 0.6 is 50.1 Å². The zero-order chi connectivity index (χ0) is 12.4. The second-order valence-electron chi connectivity index (χ2n) is 3.67. The van der Waals surface area contributed by atoms with Crippen molar-refractivity contribution in [2.24, 2.45) is 5.73 Å². The SMILES string of the molecule is NC(c1ccccc1Cl)c1cc(I)ccc1Br. The molecule has 2 aromatic carbocycles. The van der Waals surface area contributed by atoms with Crippen LogP contribution in [-0.4, -0.2) is 0 Å². The van der Waals surface area contributed by atoms with Gasteiger partial charge in [-0.3, -0.25) is 0 Å². The van der Waals surface area contributed by atoms with E-state index in [9.17, 15) is 0 Å². The number of halogens is 3. The summed E-state index contributed by atoms with van der Waals surface area (Å²) in [6.07, 6.45) is 0. The van der Waals surface area contributed by atoms with Crippen LogP contribution in [0.5, 0.6) is 0 Å². The van der Waals surface area contributed by atoms with Gasteiger partial charge in [-0.25, -0.2) is 0 Å². The molecule has 0 saturated heterocycles. The number of nitrogens with two attached hydrogens (primary N) is 1. The summed E-state index contributed by atoms with van der Waals surface area (Å²) in [5, 5.41) is 0.700. The van der Waals surface area contributed by atoms with Crippen LogP contribution in [0.4, 0.5) is 0 Å². The zero-order valence-electron chi connectivity index (χ0n) is 8.83. The summed E-state index contributed by atoms with van der Waals surface area (Å²) < 4.78 is 2.16. The Morgan fingerprint density at radius 3 is 2.53 bits per heavy atom. The van der Waals surface area contributed by atoms with Crippen LogP contribution in [-0.2, 0) is 0 Å². The van der Waals surface area contributed by atoms with E-state index in [1.807, 2.05) is 36.4 Å². The van der Waals surface area contributed by atoms with Crippen LogP contribution < -0.4 is 5.73 Å². The largest absolute Gasteiger partial charge is 0.320 e. The van der Waals surface area contributed by atoms with Crippen molar-refractivity contribution in [3.8, 4) is 0 Å². The molecule has 0 aromatic heterocycles. The summed E-state index contributed by atoms with van der Waals surface area (Å²) in [6, 6.07) is 13.6. The molecule has 0 spiro atoms. The molecule has 0 aliphatic carbocycles. The number of benzene rings is 2. The molecule has 2 rings (SSSR count). The molecule has 2 N–H and O–H groups in total. The molecule has 0 saturated carbocycles. The van der Waals surface area contributed by atoms with Gasteiger partial charge in [0.1, 0.15) is 0 Å². The maximum Gasteiger partial charge on any atom is 0.0577 e. The summed E-state index contributed by atoms with van der Waals surface area (Å²) in [7, 11) is 0. The van der Waals surface area contributed by atoms with Crippen molar-refractivity contribution < 1.29 is 0 Å². The van der Waals surface area contributed by atoms with Gasteiger partial charge in [-0.1, -0.05) is 45.7 Å². The van der Waals surface area contributed by atoms with Gasteiger partial charge in [-0.05, 0) is 58.0 Å². The smallest absolute Gasteiger partial charge is 0.0577 e. The van der Waals surface area contributed by atoms with E-state index in [1.54, 1.807) is 0 Å². The van der Waals surface area contributed by atoms with E-state index in [0.29, 0.717) is 5.02 Å². The number of hydrogen-bond donors (Lipinski definition) is 1. The Morgan fingerprint density at radius 1 is 1.12 bits per heavy atom. The van der Waals surface area contributed by atoms with Gasteiger partial charge in [-0.15, -0.1) is 0 Å². The molecule has 1 atom stereocenters. The van der Waals surface area contributed by atoms with Crippen molar-refractivity contribution in [2.75, 3.05) is 0 Å². The van der Waals surface area contributed by atoms with Crippen LogP contribution in [0.2, 0.25) is 5.02 Å². The molecule has 0 amide bonds. The lowest BCUT2D eigenvalue weighted by Crippen LogP contribution is -2.13. The molecule has 4 heteroatoms. The zero-order valence-corrected chi connectivity index (χ0v) is 13.3. The quantitative estimate of drug-likeness (QED) is 0.695. The summed E-state index contributed by atoms with van der Waals surface area (Å²) in [4.78, 5) is 0. The molecular weight excluding hydrogens is 412 g/mol. The lowest BCUT2D eigenvalue weighted by Gasteiger charge is -2.16. The second kappa shape index (κ2) is 5.69. The Labute approximate surface area is 128 Å². The fourth-order valence-corrected chi connectivity index (χ4v) is 2.91.